The highest BCUT2D eigenvalue weighted by Gasteiger charge is 2.10. The van der Waals surface area contributed by atoms with Crippen LogP contribution in [0.3, 0.4) is 0 Å². The number of rotatable bonds is 6. The number of pyridine rings is 1. The van der Waals surface area contributed by atoms with E-state index < -0.39 is 5.91 Å². The summed E-state index contributed by atoms with van der Waals surface area (Å²) in [7, 11) is 1.54. The van der Waals surface area contributed by atoms with Crippen LogP contribution < -0.4 is 21.1 Å². The maximum Gasteiger partial charge on any atom is 0.248 e. The molecular formula is C21H18N6O2. The molecule has 4 aromatic rings. The van der Waals surface area contributed by atoms with Crippen molar-refractivity contribution in [2.75, 3.05) is 17.7 Å². The summed E-state index contributed by atoms with van der Waals surface area (Å²) in [5, 5.41) is 7.31. The van der Waals surface area contributed by atoms with Gasteiger partial charge in [-0.3, -0.25) is 9.78 Å². The second kappa shape index (κ2) is 7.81. The molecular weight excluding hydrogens is 368 g/mol. The first-order valence-electron chi connectivity index (χ1n) is 8.82. The van der Waals surface area contributed by atoms with Crippen LogP contribution in [0.5, 0.6) is 5.75 Å². The van der Waals surface area contributed by atoms with Crippen molar-refractivity contribution in [1.29, 1.82) is 0 Å². The van der Waals surface area contributed by atoms with Crippen molar-refractivity contribution in [1.82, 2.24) is 15.0 Å². The Kier molecular flexibility index (Phi) is 4.90. The highest BCUT2D eigenvalue weighted by molar-refractivity contribution is 5.94. The fourth-order valence-electron chi connectivity index (χ4n) is 2.86. The maximum absolute atomic E-state index is 11.5. The molecule has 0 saturated carbocycles. The number of carbonyl (C=O) groups is 1. The molecule has 0 saturated heterocycles. The molecule has 4 N–H and O–H groups in total. The van der Waals surface area contributed by atoms with E-state index in [4.69, 9.17) is 10.5 Å². The number of nitrogens with two attached hydrogens (primary N) is 1. The molecule has 2 aromatic carbocycles. The SMILES string of the molecule is COc1ccc(C(N)=O)cc1Nc1nccc(Nc2cnc3ccccc3c2)n1. The third-order valence-electron chi connectivity index (χ3n) is 4.25. The van der Waals surface area contributed by atoms with Crippen LogP contribution in [0.25, 0.3) is 10.9 Å². The van der Waals surface area contributed by atoms with Crippen molar-refractivity contribution in [3.05, 3.63) is 72.6 Å². The number of benzene rings is 2. The summed E-state index contributed by atoms with van der Waals surface area (Å²) in [6, 6.07) is 16.5. The van der Waals surface area contributed by atoms with Gasteiger partial charge in [-0.05, 0) is 36.4 Å². The van der Waals surface area contributed by atoms with Crippen LogP contribution in [0.15, 0.2) is 67.0 Å². The van der Waals surface area contributed by atoms with E-state index in [1.54, 1.807) is 36.7 Å². The van der Waals surface area contributed by atoms with Gasteiger partial charge in [0.05, 0.1) is 30.2 Å². The van der Waals surface area contributed by atoms with Gasteiger partial charge in [-0.15, -0.1) is 0 Å². The molecule has 8 nitrogen and oxygen atoms in total. The molecule has 0 spiro atoms. The maximum atomic E-state index is 11.5. The Morgan fingerprint density at radius 2 is 1.90 bits per heavy atom. The number of hydrogen-bond donors (Lipinski definition) is 3. The molecule has 0 aliphatic rings. The van der Waals surface area contributed by atoms with Gasteiger partial charge >= 0.3 is 0 Å². The van der Waals surface area contributed by atoms with Crippen LogP contribution in [-0.4, -0.2) is 28.0 Å². The van der Waals surface area contributed by atoms with Crippen molar-refractivity contribution in [2.24, 2.45) is 5.73 Å². The molecule has 8 heteroatoms. The Morgan fingerprint density at radius 1 is 1.03 bits per heavy atom. The number of nitrogens with zero attached hydrogens (tertiary/aromatic N) is 3. The summed E-state index contributed by atoms with van der Waals surface area (Å²) in [6.07, 6.45) is 3.37. The molecule has 2 aromatic heterocycles. The number of anilines is 4. The monoisotopic (exact) mass is 386 g/mol. The van der Waals surface area contributed by atoms with E-state index in [0.717, 1.165) is 16.6 Å². The Morgan fingerprint density at radius 3 is 2.72 bits per heavy atom. The minimum absolute atomic E-state index is 0.337. The average Bonchev–Trinajstić information content (AvgIpc) is 2.74. The molecule has 2 heterocycles. The van der Waals surface area contributed by atoms with Gasteiger partial charge in [0, 0.05) is 17.1 Å². The molecule has 4 rings (SSSR count). The lowest BCUT2D eigenvalue weighted by molar-refractivity contribution is 0.100. The van der Waals surface area contributed by atoms with Crippen LogP contribution in [0.2, 0.25) is 0 Å². The first-order valence-corrected chi connectivity index (χ1v) is 8.82. The van der Waals surface area contributed by atoms with E-state index in [1.165, 1.54) is 7.11 Å². The average molecular weight is 386 g/mol. The molecule has 29 heavy (non-hydrogen) atoms. The van der Waals surface area contributed by atoms with Gasteiger partial charge in [0.1, 0.15) is 11.6 Å². The predicted molar refractivity (Wildman–Crippen MR) is 112 cm³/mol. The largest absolute Gasteiger partial charge is 0.495 e. The molecule has 144 valence electrons. The van der Waals surface area contributed by atoms with Crippen molar-refractivity contribution < 1.29 is 9.53 Å². The van der Waals surface area contributed by atoms with Gasteiger partial charge in [0.25, 0.3) is 0 Å². The topological polar surface area (TPSA) is 115 Å². The van der Waals surface area contributed by atoms with Crippen LogP contribution in [0.1, 0.15) is 10.4 Å². The molecule has 0 bridgehead atoms. The number of hydrogen-bond acceptors (Lipinski definition) is 7. The summed E-state index contributed by atoms with van der Waals surface area (Å²) in [4.78, 5) is 24.6. The van der Waals surface area contributed by atoms with Crippen LogP contribution in [0, 0.1) is 0 Å². The number of aromatic nitrogens is 3. The summed E-state index contributed by atoms with van der Waals surface area (Å²) in [5.41, 5.74) is 7.98. The van der Waals surface area contributed by atoms with E-state index in [1.807, 2.05) is 30.3 Å². The van der Waals surface area contributed by atoms with Crippen molar-refractivity contribution in [3.8, 4) is 5.75 Å². The van der Waals surface area contributed by atoms with Gasteiger partial charge < -0.3 is 21.1 Å². The standard InChI is InChI=1S/C21H18N6O2/c1-29-18-7-6-14(20(22)28)11-17(18)26-21-23-9-8-19(27-21)25-15-10-13-4-2-3-5-16(13)24-12-15/h2-12H,1H3,(H2,22,28)(H2,23,25,26,27). The minimum atomic E-state index is -0.532. The predicted octanol–water partition coefficient (Wildman–Crippen LogP) is 3.62. The number of para-hydroxylation sites is 1. The van der Waals surface area contributed by atoms with Gasteiger partial charge in [-0.25, -0.2) is 4.98 Å². The molecule has 1 amide bonds. The molecule has 0 aliphatic carbocycles. The lowest BCUT2D eigenvalue weighted by atomic mass is 10.2. The fraction of sp³-hybridized carbons (Fsp3) is 0.0476. The van der Waals surface area contributed by atoms with Crippen molar-refractivity contribution >= 4 is 40.0 Å². The lowest BCUT2D eigenvalue weighted by Crippen LogP contribution is -2.11. The Hall–Kier alpha value is -4.20. The quantitative estimate of drug-likeness (QED) is 0.463. The van der Waals surface area contributed by atoms with Gasteiger partial charge in [0.15, 0.2) is 0 Å². The number of fused-ring (bicyclic) bond motifs is 1. The molecule has 0 aliphatic heterocycles. The van der Waals surface area contributed by atoms with E-state index in [9.17, 15) is 4.79 Å². The number of ether oxygens (including phenoxy) is 1. The molecule has 0 unspecified atom stereocenters. The third kappa shape index (κ3) is 4.06. The summed E-state index contributed by atoms with van der Waals surface area (Å²) < 4.78 is 5.33. The summed E-state index contributed by atoms with van der Waals surface area (Å²) in [6.45, 7) is 0. The molecule has 0 radical (unpaired) electrons. The smallest absolute Gasteiger partial charge is 0.248 e. The first kappa shape index (κ1) is 18.2. The van der Waals surface area contributed by atoms with E-state index in [0.29, 0.717) is 28.8 Å². The van der Waals surface area contributed by atoms with Gasteiger partial charge in [0.2, 0.25) is 11.9 Å². The van der Waals surface area contributed by atoms with Gasteiger partial charge in [-0.1, -0.05) is 18.2 Å². The Balaban J connectivity index is 1.59. The van der Waals surface area contributed by atoms with Gasteiger partial charge in [-0.2, -0.15) is 4.98 Å². The zero-order valence-corrected chi connectivity index (χ0v) is 15.6. The van der Waals surface area contributed by atoms with E-state index in [-0.39, 0.29) is 0 Å². The minimum Gasteiger partial charge on any atom is -0.495 e. The van der Waals surface area contributed by atoms with E-state index in [2.05, 4.69) is 25.6 Å². The summed E-state index contributed by atoms with van der Waals surface area (Å²) in [5.74, 6) is 0.930. The fourth-order valence-corrected chi connectivity index (χ4v) is 2.86. The van der Waals surface area contributed by atoms with Crippen molar-refractivity contribution in [2.45, 2.75) is 0 Å². The van der Waals surface area contributed by atoms with Crippen LogP contribution in [0.4, 0.5) is 23.1 Å². The van der Waals surface area contributed by atoms with E-state index >= 15 is 0 Å². The zero-order valence-electron chi connectivity index (χ0n) is 15.6. The number of methoxy groups -OCH3 is 1. The zero-order chi connectivity index (χ0) is 20.2. The number of carbonyl (C=O) groups excluding carboxylic acids is 1. The Labute approximate surface area is 166 Å². The third-order valence-corrected chi connectivity index (χ3v) is 4.25. The second-order valence-corrected chi connectivity index (χ2v) is 6.21. The molecule has 0 fully saturated rings. The van der Waals surface area contributed by atoms with Crippen molar-refractivity contribution in [3.63, 3.8) is 0 Å². The second-order valence-electron chi connectivity index (χ2n) is 6.21. The highest BCUT2D eigenvalue weighted by atomic mass is 16.5. The highest BCUT2D eigenvalue weighted by Crippen LogP contribution is 2.28. The Bertz CT molecular complexity index is 1190. The number of nitrogens with one attached hydrogen (secondary N) is 2. The summed E-state index contributed by atoms with van der Waals surface area (Å²) >= 11 is 0. The van der Waals surface area contributed by atoms with Crippen LogP contribution >= 0.6 is 0 Å². The normalized spacial score (nSPS) is 10.5. The number of amides is 1. The number of primary amides is 1. The first-order chi connectivity index (χ1) is 14.1. The molecule has 0 atom stereocenters. The lowest BCUT2D eigenvalue weighted by Gasteiger charge is -2.12. The van der Waals surface area contributed by atoms with Crippen LogP contribution in [-0.2, 0) is 0 Å².